The summed E-state index contributed by atoms with van der Waals surface area (Å²) in [6.45, 7) is 1.89. The summed E-state index contributed by atoms with van der Waals surface area (Å²) in [5.41, 5.74) is 3.50. The van der Waals surface area contributed by atoms with Gasteiger partial charge in [-0.1, -0.05) is 61.5 Å². The summed E-state index contributed by atoms with van der Waals surface area (Å²) in [4.78, 5) is 2.25. The zero-order valence-electron chi connectivity index (χ0n) is 12.7. The van der Waals surface area contributed by atoms with E-state index in [9.17, 15) is 0 Å². The maximum atomic E-state index is 5.00. The maximum Gasteiger partial charge on any atom is 0.0461 e. The first kappa shape index (κ1) is 16.1. The van der Waals surface area contributed by atoms with Crippen LogP contribution >= 0.6 is 11.6 Å². The third-order valence-electron chi connectivity index (χ3n) is 3.04. The average Bonchev–Trinajstić information content (AvgIpc) is 2.59. The van der Waals surface area contributed by atoms with Gasteiger partial charge < -0.3 is 4.90 Å². The van der Waals surface area contributed by atoms with E-state index in [1.165, 1.54) is 17.1 Å². The molecule has 0 spiro atoms. The van der Waals surface area contributed by atoms with E-state index in [4.69, 9.17) is 11.6 Å². The third kappa shape index (κ3) is 4.37. The molecule has 0 saturated heterocycles. The van der Waals surface area contributed by atoms with Gasteiger partial charge in [0.1, 0.15) is 0 Å². The number of alkyl halides is 1. The highest BCUT2D eigenvalue weighted by Crippen LogP contribution is 2.33. The molecule has 112 valence electrons. The minimum absolute atomic E-state index is 0.722. The van der Waals surface area contributed by atoms with Gasteiger partial charge in [-0.3, -0.25) is 0 Å². The van der Waals surface area contributed by atoms with Crippen molar-refractivity contribution in [3.63, 3.8) is 0 Å². The predicted octanol–water partition coefficient (Wildman–Crippen LogP) is 6.40. The van der Waals surface area contributed by atoms with Crippen molar-refractivity contribution >= 4 is 28.7 Å². The molecule has 0 aliphatic heterocycles. The van der Waals surface area contributed by atoms with Gasteiger partial charge in [0.2, 0.25) is 0 Å². The number of hydrogen-bond acceptors (Lipinski definition) is 1. The number of benzene rings is 3. The first-order valence-corrected chi connectivity index (χ1v) is 7.91. The molecule has 0 aromatic heterocycles. The van der Waals surface area contributed by atoms with Crippen LogP contribution in [0.5, 0.6) is 0 Å². The minimum atomic E-state index is 0.722. The van der Waals surface area contributed by atoms with Gasteiger partial charge in [0.05, 0.1) is 0 Å². The van der Waals surface area contributed by atoms with Gasteiger partial charge in [-0.25, -0.2) is 0 Å². The Labute approximate surface area is 137 Å². The van der Waals surface area contributed by atoms with Crippen molar-refractivity contribution in [2.45, 2.75) is 6.92 Å². The molecule has 0 bridgehead atoms. The molecule has 0 atom stereocenters. The van der Waals surface area contributed by atoms with Gasteiger partial charge in [0.15, 0.2) is 0 Å². The molecular weight excluding hydrogens is 290 g/mol. The largest absolute Gasteiger partial charge is 0.311 e. The first-order chi connectivity index (χ1) is 10.9. The highest BCUT2D eigenvalue weighted by atomic mass is 35.5. The fraction of sp³-hybridized carbons (Fsp3) is 0.100. The topological polar surface area (TPSA) is 3.24 Å². The van der Waals surface area contributed by atoms with E-state index in [0.717, 1.165) is 5.88 Å². The lowest BCUT2D eigenvalue weighted by atomic mass is 10.2. The van der Waals surface area contributed by atoms with Crippen molar-refractivity contribution in [3.8, 4) is 0 Å². The van der Waals surface area contributed by atoms with E-state index in [1.54, 1.807) is 0 Å². The van der Waals surface area contributed by atoms with Gasteiger partial charge in [-0.2, -0.15) is 0 Å². The van der Waals surface area contributed by atoms with Crippen molar-refractivity contribution in [2.75, 3.05) is 10.8 Å². The summed E-state index contributed by atoms with van der Waals surface area (Å²) < 4.78 is 0. The average molecular weight is 310 g/mol. The second kappa shape index (κ2) is 8.91. The van der Waals surface area contributed by atoms with Crippen LogP contribution in [0.25, 0.3) is 0 Å². The van der Waals surface area contributed by atoms with Gasteiger partial charge in [-0.05, 0) is 36.4 Å². The van der Waals surface area contributed by atoms with Crippen molar-refractivity contribution < 1.29 is 0 Å². The molecule has 1 nitrogen and oxygen atoms in total. The molecule has 0 amide bonds. The highest BCUT2D eigenvalue weighted by Gasteiger charge is 2.10. The SMILES string of the molecule is CCCl.c1ccc(N(c2ccccc2)c2ccccc2)cc1. The number of hydrogen-bond donors (Lipinski definition) is 0. The number of nitrogens with zero attached hydrogens (tertiary/aromatic N) is 1. The Hall–Kier alpha value is -2.25. The molecule has 0 heterocycles. The molecule has 0 aliphatic carbocycles. The molecule has 0 fully saturated rings. The predicted molar refractivity (Wildman–Crippen MR) is 97.5 cm³/mol. The zero-order chi connectivity index (χ0) is 15.6. The molecular formula is C20H20ClN. The Kier molecular flexibility index (Phi) is 6.53. The van der Waals surface area contributed by atoms with Gasteiger partial charge in [0, 0.05) is 22.9 Å². The molecule has 2 heteroatoms. The summed E-state index contributed by atoms with van der Waals surface area (Å²) in [5, 5.41) is 0. The number of para-hydroxylation sites is 3. The van der Waals surface area contributed by atoms with Crippen LogP contribution in [0.2, 0.25) is 0 Å². The van der Waals surface area contributed by atoms with E-state index in [0.29, 0.717) is 0 Å². The standard InChI is InChI=1S/C18H15N.C2H5Cl/c1-4-10-16(11-5-1)19(17-12-6-2-7-13-17)18-14-8-3-9-15-18;1-2-3/h1-15H;2H2,1H3. The Morgan fingerprint density at radius 1 is 0.591 bits per heavy atom. The molecule has 0 saturated carbocycles. The normalized spacial score (nSPS) is 9.55. The Morgan fingerprint density at radius 3 is 1.05 bits per heavy atom. The van der Waals surface area contributed by atoms with E-state index in [1.807, 2.05) is 25.1 Å². The first-order valence-electron chi connectivity index (χ1n) is 7.38. The lowest BCUT2D eigenvalue weighted by molar-refractivity contribution is 1.28. The van der Waals surface area contributed by atoms with Crippen molar-refractivity contribution in [3.05, 3.63) is 91.0 Å². The summed E-state index contributed by atoms with van der Waals surface area (Å²) in [6, 6.07) is 31.3. The van der Waals surface area contributed by atoms with Crippen molar-refractivity contribution in [1.29, 1.82) is 0 Å². The summed E-state index contributed by atoms with van der Waals surface area (Å²) in [6.07, 6.45) is 0. The molecule has 3 aromatic carbocycles. The number of anilines is 3. The second-order valence-corrected chi connectivity index (χ2v) is 5.14. The lowest BCUT2D eigenvalue weighted by Crippen LogP contribution is -2.09. The summed E-state index contributed by atoms with van der Waals surface area (Å²) in [7, 11) is 0. The molecule has 0 N–H and O–H groups in total. The second-order valence-electron chi connectivity index (χ2n) is 4.61. The Bertz CT molecular complexity index is 544. The van der Waals surface area contributed by atoms with E-state index >= 15 is 0 Å². The quantitative estimate of drug-likeness (QED) is 0.506. The molecule has 0 aliphatic rings. The number of rotatable bonds is 3. The summed E-state index contributed by atoms with van der Waals surface area (Å²) in [5.74, 6) is 0.722. The molecule has 0 radical (unpaired) electrons. The van der Waals surface area contributed by atoms with Crippen LogP contribution in [-0.2, 0) is 0 Å². The smallest absolute Gasteiger partial charge is 0.0461 e. The monoisotopic (exact) mass is 309 g/mol. The van der Waals surface area contributed by atoms with Crippen molar-refractivity contribution in [2.24, 2.45) is 0 Å². The number of halogens is 1. The van der Waals surface area contributed by atoms with Crippen LogP contribution in [0.3, 0.4) is 0 Å². The highest BCUT2D eigenvalue weighted by molar-refractivity contribution is 6.17. The van der Waals surface area contributed by atoms with Crippen LogP contribution in [-0.4, -0.2) is 5.88 Å². The fourth-order valence-corrected chi connectivity index (χ4v) is 2.18. The minimum Gasteiger partial charge on any atom is -0.311 e. The molecule has 22 heavy (non-hydrogen) atoms. The van der Waals surface area contributed by atoms with Crippen LogP contribution in [0.15, 0.2) is 91.0 Å². The van der Waals surface area contributed by atoms with Gasteiger partial charge in [-0.15, -0.1) is 11.6 Å². The zero-order valence-corrected chi connectivity index (χ0v) is 13.4. The molecule has 3 rings (SSSR count). The van der Waals surface area contributed by atoms with Crippen LogP contribution in [0.4, 0.5) is 17.1 Å². The van der Waals surface area contributed by atoms with Crippen LogP contribution < -0.4 is 4.90 Å². The van der Waals surface area contributed by atoms with Crippen molar-refractivity contribution in [1.82, 2.24) is 0 Å². The van der Waals surface area contributed by atoms with Crippen LogP contribution in [0, 0.1) is 0 Å². The van der Waals surface area contributed by atoms with E-state index in [-0.39, 0.29) is 0 Å². The Balaban J connectivity index is 0.000000545. The fourth-order valence-electron chi connectivity index (χ4n) is 2.18. The van der Waals surface area contributed by atoms with Gasteiger partial charge >= 0.3 is 0 Å². The third-order valence-corrected chi connectivity index (χ3v) is 3.04. The van der Waals surface area contributed by atoms with Crippen LogP contribution in [0.1, 0.15) is 6.92 Å². The van der Waals surface area contributed by atoms with E-state index in [2.05, 4.69) is 77.7 Å². The molecule has 0 unspecified atom stereocenters. The summed E-state index contributed by atoms with van der Waals surface area (Å²) >= 11 is 5.00. The Morgan fingerprint density at radius 2 is 0.818 bits per heavy atom. The lowest BCUT2D eigenvalue weighted by Gasteiger charge is -2.25. The maximum absolute atomic E-state index is 5.00. The van der Waals surface area contributed by atoms with E-state index < -0.39 is 0 Å². The molecule has 3 aromatic rings. The van der Waals surface area contributed by atoms with Gasteiger partial charge in [0.25, 0.3) is 0 Å².